The van der Waals surface area contributed by atoms with Crippen molar-refractivity contribution in [3.05, 3.63) is 18.2 Å². The van der Waals surface area contributed by atoms with Crippen LogP contribution in [0, 0.1) is 0 Å². The maximum absolute atomic E-state index is 11.4. The summed E-state index contributed by atoms with van der Waals surface area (Å²) in [5, 5.41) is 2.65. The fourth-order valence-electron chi connectivity index (χ4n) is 1.44. The Hall–Kier alpha value is -1.56. The Kier molecular flexibility index (Phi) is 4.72. The van der Waals surface area contributed by atoms with Gasteiger partial charge in [-0.25, -0.2) is 9.78 Å². The van der Waals surface area contributed by atoms with Gasteiger partial charge in [-0.2, -0.15) is 0 Å². The first-order valence-corrected chi connectivity index (χ1v) is 5.95. The van der Waals surface area contributed by atoms with Crippen LogP contribution in [0.4, 0.5) is 4.79 Å². The highest BCUT2D eigenvalue weighted by Gasteiger charge is 2.16. The van der Waals surface area contributed by atoms with Gasteiger partial charge in [-0.15, -0.1) is 0 Å². The summed E-state index contributed by atoms with van der Waals surface area (Å²) in [6.45, 7) is 5.83. The van der Waals surface area contributed by atoms with Crippen molar-refractivity contribution in [3.8, 4) is 0 Å². The van der Waals surface area contributed by atoms with Crippen molar-refractivity contribution in [3.63, 3.8) is 0 Å². The van der Waals surface area contributed by atoms with E-state index in [0.29, 0.717) is 13.0 Å². The van der Waals surface area contributed by atoms with Gasteiger partial charge in [0.15, 0.2) is 0 Å². The van der Waals surface area contributed by atoms with Crippen LogP contribution in [0.3, 0.4) is 0 Å². The molecule has 0 saturated heterocycles. The van der Waals surface area contributed by atoms with E-state index >= 15 is 0 Å². The maximum Gasteiger partial charge on any atom is 0.407 e. The molecule has 6 heteroatoms. The summed E-state index contributed by atoms with van der Waals surface area (Å²) < 4.78 is 6.98. The quantitative estimate of drug-likeness (QED) is 0.833. The van der Waals surface area contributed by atoms with Crippen LogP contribution in [-0.2, 0) is 18.2 Å². The summed E-state index contributed by atoms with van der Waals surface area (Å²) >= 11 is 0. The Balaban J connectivity index is 2.29. The number of aromatic nitrogens is 2. The molecule has 18 heavy (non-hydrogen) atoms. The number of imidazole rings is 1. The summed E-state index contributed by atoms with van der Waals surface area (Å²) in [5.74, 6) is 0. The van der Waals surface area contributed by atoms with Crippen LogP contribution in [0.15, 0.2) is 12.5 Å². The van der Waals surface area contributed by atoms with Crippen molar-refractivity contribution in [1.29, 1.82) is 0 Å². The van der Waals surface area contributed by atoms with Crippen LogP contribution in [0.25, 0.3) is 0 Å². The molecule has 1 aromatic heterocycles. The lowest BCUT2D eigenvalue weighted by atomic mass is 10.2. The van der Waals surface area contributed by atoms with Crippen molar-refractivity contribution < 1.29 is 9.53 Å². The molecule has 0 aliphatic carbocycles. The number of rotatable bonds is 4. The average Bonchev–Trinajstić information content (AvgIpc) is 2.58. The smallest absolute Gasteiger partial charge is 0.407 e. The van der Waals surface area contributed by atoms with Gasteiger partial charge in [0.1, 0.15) is 5.60 Å². The van der Waals surface area contributed by atoms with Crippen molar-refractivity contribution in [2.75, 3.05) is 6.54 Å². The Bertz CT molecular complexity index is 395. The molecule has 6 nitrogen and oxygen atoms in total. The molecule has 102 valence electrons. The number of nitrogens with two attached hydrogens (primary N) is 1. The highest BCUT2D eigenvalue weighted by atomic mass is 16.6. The van der Waals surface area contributed by atoms with E-state index in [1.165, 1.54) is 0 Å². The van der Waals surface area contributed by atoms with Gasteiger partial charge in [0.25, 0.3) is 0 Å². The number of hydrogen-bond donors (Lipinski definition) is 2. The van der Waals surface area contributed by atoms with Crippen LogP contribution in [-0.4, -0.2) is 33.8 Å². The summed E-state index contributed by atoms with van der Waals surface area (Å²) in [7, 11) is 1.90. The van der Waals surface area contributed by atoms with Crippen LogP contribution < -0.4 is 11.1 Å². The van der Waals surface area contributed by atoms with Gasteiger partial charge in [-0.05, 0) is 20.8 Å². The first kappa shape index (κ1) is 14.5. The number of carbonyl (C=O) groups excluding carboxylic acids is 1. The molecule has 0 aliphatic heterocycles. The maximum atomic E-state index is 11.4. The van der Waals surface area contributed by atoms with Crippen LogP contribution in [0.5, 0.6) is 0 Å². The van der Waals surface area contributed by atoms with E-state index < -0.39 is 11.7 Å². The number of ether oxygens (including phenoxy) is 1. The summed E-state index contributed by atoms with van der Waals surface area (Å²) in [4.78, 5) is 15.6. The standard InChI is InChI=1S/C12H22N4O2/c1-12(2,3)18-11(17)14-6-9(13)5-10-7-16(4)8-15-10/h7-9H,5-6,13H2,1-4H3,(H,14,17). The predicted molar refractivity (Wildman–Crippen MR) is 69.1 cm³/mol. The number of alkyl carbamates (subject to hydrolysis) is 1. The van der Waals surface area contributed by atoms with E-state index in [-0.39, 0.29) is 6.04 Å². The van der Waals surface area contributed by atoms with Crippen molar-refractivity contribution >= 4 is 6.09 Å². The Morgan fingerprint density at radius 2 is 2.28 bits per heavy atom. The third kappa shape index (κ3) is 5.67. The second kappa shape index (κ2) is 5.86. The molecule has 0 bridgehead atoms. The Morgan fingerprint density at radius 1 is 1.61 bits per heavy atom. The zero-order chi connectivity index (χ0) is 13.8. The topological polar surface area (TPSA) is 82.2 Å². The molecule has 0 saturated carbocycles. The van der Waals surface area contributed by atoms with E-state index in [4.69, 9.17) is 10.5 Å². The number of nitrogens with one attached hydrogen (secondary N) is 1. The summed E-state index contributed by atoms with van der Waals surface area (Å²) in [6.07, 6.45) is 3.81. The molecule has 1 rings (SSSR count). The molecule has 0 aliphatic rings. The molecule has 1 amide bonds. The Labute approximate surface area is 108 Å². The Morgan fingerprint density at radius 3 is 2.78 bits per heavy atom. The molecule has 1 aromatic rings. The van der Waals surface area contributed by atoms with Gasteiger partial charge >= 0.3 is 6.09 Å². The van der Waals surface area contributed by atoms with E-state index in [2.05, 4.69) is 10.3 Å². The molecular weight excluding hydrogens is 232 g/mol. The second-order valence-corrected chi connectivity index (χ2v) is 5.38. The van der Waals surface area contributed by atoms with Gasteiger partial charge < -0.3 is 20.4 Å². The largest absolute Gasteiger partial charge is 0.444 e. The SMILES string of the molecule is Cn1cnc(CC(N)CNC(=O)OC(C)(C)C)c1. The number of amides is 1. The molecule has 1 atom stereocenters. The lowest BCUT2D eigenvalue weighted by Crippen LogP contribution is -2.41. The van der Waals surface area contributed by atoms with E-state index in [0.717, 1.165) is 5.69 Å². The van der Waals surface area contributed by atoms with Crippen LogP contribution >= 0.6 is 0 Å². The first-order chi connectivity index (χ1) is 8.26. The van der Waals surface area contributed by atoms with Crippen molar-refractivity contribution in [2.24, 2.45) is 12.8 Å². The van der Waals surface area contributed by atoms with Gasteiger partial charge in [-0.3, -0.25) is 0 Å². The van der Waals surface area contributed by atoms with E-state index in [9.17, 15) is 4.79 Å². The van der Waals surface area contributed by atoms with Crippen molar-refractivity contribution in [1.82, 2.24) is 14.9 Å². The lowest BCUT2D eigenvalue weighted by Gasteiger charge is -2.20. The molecular formula is C12H22N4O2. The van der Waals surface area contributed by atoms with Gasteiger partial charge in [0, 0.05) is 32.3 Å². The van der Waals surface area contributed by atoms with E-state index in [1.54, 1.807) is 6.33 Å². The van der Waals surface area contributed by atoms with Gasteiger partial charge in [0.05, 0.1) is 12.0 Å². The first-order valence-electron chi connectivity index (χ1n) is 5.95. The highest BCUT2D eigenvalue weighted by molar-refractivity contribution is 5.67. The van der Waals surface area contributed by atoms with Gasteiger partial charge in [0.2, 0.25) is 0 Å². The molecule has 0 radical (unpaired) electrons. The number of hydrogen-bond acceptors (Lipinski definition) is 4. The summed E-state index contributed by atoms with van der Waals surface area (Å²) in [6, 6.07) is -0.174. The zero-order valence-corrected chi connectivity index (χ0v) is 11.4. The van der Waals surface area contributed by atoms with Crippen LogP contribution in [0.2, 0.25) is 0 Å². The normalized spacial score (nSPS) is 13.2. The molecule has 1 heterocycles. The van der Waals surface area contributed by atoms with E-state index in [1.807, 2.05) is 38.6 Å². The minimum atomic E-state index is -0.491. The molecule has 0 fully saturated rings. The molecule has 0 spiro atoms. The number of nitrogens with zero attached hydrogens (tertiary/aromatic N) is 2. The predicted octanol–water partition coefficient (Wildman–Crippen LogP) is 0.815. The second-order valence-electron chi connectivity index (χ2n) is 5.38. The molecule has 1 unspecified atom stereocenters. The number of carbonyl (C=O) groups is 1. The molecule has 0 aromatic carbocycles. The highest BCUT2D eigenvalue weighted by Crippen LogP contribution is 2.06. The third-order valence-electron chi connectivity index (χ3n) is 2.14. The summed E-state index contributed by atoms with van der Waals surface area (Å²) in [5.41, 5.74) is 6.33. The van der Waals surface area contributed by atoms with Crippen molar-refractivity contribution in [2.45, 2.75) is 38.8 Å². The fourth-order valence-corrected chi connectivity index (χ4v) is 1.44. The monoisotopic (exact) mass is 254 g/mol. The molecule has 3 N–H and O–H groups in total. The zero-order valence-electron chi connectivity index (χ0n) is 11.4. The van der Waals surface area contributed by atoms with Crippen LogP contribution in [0.1, 0.15) is 26.5 Å². The minimum absolute atomic E-state index is 0.174. The third-order valence-corrected chi connectivity index (χ3v) is 2.14. The number of aryl methyl sites for hydroxylation is 1. The average molecular weight is 254 g/mol. The van der Waals surface area contributed by atoms with Gasteiger partial charge in [-0.1, -0.05) is 0 Å². The lowest BCUT2D eigenvalue weighted by molar-refractivity contribution is 0.0524. The minimum Gasteiger partial charge on any atom is -0.444 e. The fraction of sp³-hybridized carbons (Fsp3) is 0.667.